The van der Waals surface area contributed by atoms with Gasteiger partial charge in [-0.05, 0) is 19.0 Å². The van der Waals surface area contributed by atoms with Crippen molar-refractivity contribution >= 4 is 51.6 Å². The minimum absolute atomic E-state index is 0.130. The van der Waals surface area contributed by atoms with E-state index in [0.29, 0.717) is 11.7 Å². The Labute approximate surface area is 205 Å². The maximum atomic E-state index is 11.9. The first-order valence-corrected chi connectivity index (χ1v) is 10.9. The molecule has 0 atom stereocenters. The number of aliphatic hydroxyl groups is 1. The minimum atomic E-state index is -2.74. The van der Waals surface area contributed by atoms with E-state index in [2.05, 4.69) is 39.0 Å². The lowest BCUT2D eigenvalue weighted by Gasteiger charge is -2.18. The quantitative estimate of drug-likeness (QED) is 0.231. The third-order valence-electron chi connectivity index (χ3n) is 4.90. The zero-order chi connectivity index (χ0) is 27.0. The van der Waals surface area contributed by atoms with Crippen LogP contribution in [-0.4, -0.2) is 78.0 Å². The molecule has 0 bridgehead atoms. The van der Waals surface area contributed by atoms with Gasteiger partial charge in [0, 0.05) is 11.9 Å². The highest BCUT2D eigenvalue weighted by Gasteiger charge is 2.40. The number of benzene rings is 1. The van der Waals surface area contributed by atoms with Crippen molar-refractivity contribution in [1.29, 1.82) is 0 Å². The fourth-order valence-corrected chi connectivity index (χ4v) is 3.45. The Balaban J connectivity index is 0.000000302. The number of amides is 1. The van der Waals surface area contributed by atoms with Crippen molar-refractivity contribution in [2.24, 2.45) is 5.92 Å². The molecule has 3 aromatic rings. The predicted molar refractivity (Wildman–Crippen MR) is 130 cm³/mol. The zero-order valence-electron chi connectivity index (χ0n) is 20.1. The molecule has 0 fully saturated rings. The van der Waals surface area contributed by atoms with Crippen LogP contribution in [0.3, 0.4) is 0 Å². The number of hydrogen-bond donors (Lipinski definition) is 6. The van der Waals surface area contributed by atoms with Gasteiger partial charge in [0.2, 0.25) is 5.91 Å². The number of pyridine rings is 1. The second kappa shape index (κ2) is 12.0. The molecule has 0 aliphatic rings. The Morgan fingerprint density at radius 2 is 1.67 bits per heavy atom. The van der Waals surface area contributed by atoms with Gasteiger partial charge in [0.1, 0.15) is 5.52 Å². The normalized spacial score (nSPS) is 11.2. The van der Waals surface area contributed by atoms with E-state index in [1.807, 2.05) is 30.6 Å². The molecule has 1 amide bonds. The monoisotopic (exact) mass is 503 g/mol. The third kappa shape index (κ3) is 7.20. The maximum absolute atomic E-state index is 11.9. The number of para-hydroxylation sites is 1. The van der Waals surface area contributed by atoms with Crippen molar-refractivity contribution in [2.75, 3.05) is 18.9 Å². The highest BCUT2D eigenvalue weighted by molar-refractivity contribution is 6.09. The van der Waals surface area contributed by atoms with Crippen LogP contribution in [0.15, 0.2) is 30.6 Å². The van der Waals surface area contributed by atoms with Crippen LogP contribution in [0.2, 0.25) is 0 Å². The van der Waals surface area contributed by atoms with Crippen molar-refractivity contribution < 1.29 is 39.6 Å². The average Bonchev–Trinajstić information content (AvgIpc) is 3.17. The Morgan fingerprint density at radius 1 is 1.06 bits per heavy atom. The van der Waals surface area contributed by atoms with Crippen LogP contribution in [0.4, 0.5) is 5.82 Å². The molecule has 0 unspecified atom stereocenters. The first-order valence-electron chi connectivity index (χ1n) is 10.9. The highest BCUT2D eigenvalue weighted by Crippen LogP contribution is 2.29. The number of likely N-dealkylation sites (N-methyl/N-ethyl adjacent to an activating group) is 1. The fourth-order valence-electron chi connectivity index (χ4n) is 3.45. The Hall–Kier alpha value is -4.10. The number of carbonyl (C=O) groups excluding carboxylic acids is 1. The van der Waals surface area contributed by atoms with Crippen LogP contribution in [0.5, 0.6) is 0 Å². The van der Waals surface area contributed by atoms with Crippen LogP contribution in [0, 0.1) is 5.92 Å². The number of nitrogens with zero attached hydrogens (tertiary/aromatic N) is 3. The zero-order valence-corrected chi connectivity index (χ0v) is 20.1. The van der Waals surface area contributed by atoms with E-state index in [1.165, 1.54) is 0 Å². The van der Waals surface area contributed by atoms with E-state index >= 15 is 0 Å². The summed E-state index contributed by atoms with van der Waals surface area (Å²) in [6.45, 7) is 5.45. The number of hydrogen-bond acceptors (Lipinski definition) is 8. The molecule has 13 nitrogen and oxygen atoms in total. The summed E-state index contributed by atoms with van der Waals surface area (Å²) in [5.74, 6) is -4.13. The second-order valence-corrected chi connectivity index (χ2v) is 8.52. The number of nitrogens with one attached hydrogen (secondary N) is 2. The Kier molecular flexibility index (Phi) is 9.41. The van der Waals surface area contributed by atoms with Gasteiger partial charge in [-0.2, -0.15) is 0 Å². The van der Waals surface area contributed by atoms with Crippen molar-refractivity contribution in [3.63, 3.8) is 0 Å². The predicted octanol–water partition coefficient (Wildman–Crippen LogP) is 1.15. The number of rotatable bonds is 10. The molecule has 6 N–H and O–H groups in total. The van der Waals surface area contributed by atoms with Crippen molar-refractivity contribution in [1.82, 2.24) is 19.9 Å². The van der Waals surface area contributed by atoms with Crippen LogP contribution < -0.4 is 10.6 Å². The summed E-state index contributed by atoms with van der Waals surface area (Å²) in [5, 5.41) is 40.6. The van der Waals surface area contributed by atoms with Gasteiger partial charge in [0.25, 0.3) is 0 Å². The Bertz CT molecular complexity index is 1250. The molecule has 0 saturated heterocycles. The second-order valence-electron chi connectivity index (χ2n) is 8.52. The van der Waals surface area contributed by atoms with Gasteiger partial charge >= 0.3 is 17.9 Å². The number of carboxylic acids is 3. The van der Waals surface area contributed by atoms with E-state index in [0.717, 1.165) is 28.5 Å². The van der Waals surface area contributed by atoms with E-state index in [4.69, 9.17) is 20.4 Å². The van der Waals surface area contributed by atoms with Crippen molar-refractivity contribution in [2.45, 2.75) is 38.8 Å². The molecule has 13 heteroatoms. The van der Waals surface area contributed by atoms with Gasteiger partial charge in [-0.1, -0.05) is 32.0 Å². The number of anilines is 1. The van der Waals surface area contributed by atoms with Gasteiger partial charge < -0.3 is 35.6 Å². The van der Waals surface area contributed by atoms with Gasteiger partial charge in [-0.15, -0.1) is 0 Å². The van der Waals surface area contributed by atoms with Gasteiger partial charge in [0.05, 0.1) is 36.7 Å². The number of aliphatic carboxylic acids is 3. The minimum Gasteiger partial charge on any atom is -0.481 e. The summed E-state index contributed by atoms with van der Waals surface area (Å²) in [6, 6.07) is 7.94. The average molecular weight is 504 g/mol. The number of aromatic nitrogens is 3. The molecule has 0 aliphatic heterocycles. The summed E-state index contributed by atoms with van der Waals surface area (Å²) in [6.07, 6.45) is -0.463. The van der Waals surface area contributed by atoms with E-state index in [1.54, 1.807) is 7.05 Å². The molecule has 36 heavy (non-hydrogen) atoms. The molecule has 0 radical (unpaired) electrons. The molecule has 2 heterocycles. The van der Waals surface area contributed by atoms with E-state index < -0.39 is 36.4 Å². The van der Waals surface area contributed by atoms with Crippen LogP contribution >= 0.6 is 0 Å². The van der Waals surface area contributed by atoms with Crippen LogP contribution in [0.1, 0.15) is 26.7 Å². The first kappa shape index (κ1) is 28.1. The van der Waals surface area contributed by atoms with E-state index in [-0.39, 0.29) is 12.5 Å². The summed E-state index contributed by atoms with van der Waals surface area (Å²) < 4.78 is 2.14. The standard InChI is InChI=1S/C17H21N5O.C6H8O7/c1-11(2)9-22-10-19-15-16(22)12-6-4-5-7-13(12)20-17(15)21-14(23)8-18-3;7-3(8)1-6(13,5(11)12)2-4(9)10/h4-7,10-11,18H,8-9H2,1-3H3,(H,20,21,23);13H,1-2H2,(H,7,8)(H,9,10)(H,11,12). The number of fused-ring (bicyclic) bond motifs is 3. The topological polar surface area (TPSA) is 204 Å². The first-order chi connectivity index (χ1) is 16.9. The largest absolute Gasteiger partial charge is 0.481 e. The lowest BCUT2D eigenvalue weighted by atomic mass is 9.96. The lowest BCUT2D eigenvalue weighted by molar-refractivity contribution is -0.170. The van der Waals surface area contributed by atoms with Gasteiger partial charge in [-0.3, -0.25) is 14.4 Å². The van der Waals surface area contributed by atoms with Gasteiger partial charge in [0.15, 0.2) is 11.4 Å². The third-order valence-corrected chi connectivity index (χ3v) is 4.90. The SMILES string of the molecule is CNCC(=O)Nc1nc2ccccc2c2c1ncn2CC(C)C.O=C(O)CC(O)(CC(=O)O)C(=O)O. The van der Waals surface area contributed by atoms with E-state index in [9.17, 15) is 19.2 Å². The molecule has 1 aromatic carbocycles. The maximum Gasteiger partial charge on any atom is 0.336 e. The van der Waals surface area contributed by atoms with Crippen LogP contribution in [0.25, 0.3) is 21.9 Å². The molecule has 0 aliphatic carbocycles. The smallest absolute Gasteiger partial charge is 0.336 e. The molecule has 3 rings (SSSR count). The lowest BCUT2D eigenvalue weighted by Crippen LogP contribution is -2.42. The van der Waals surface area contributed by atoms with Crippen molar-refractivity contribution in [3.05, 3.63) is 30.6 Å². The fraction of sp³-hybridized carbons (Fsp3) is 0.391. The number of carboxylic acid groups (broad SMARTS) is 3. The molecule has 194 valence electrons. The summed E-state index contributed by atoms with van der Waals surface area (Å²) >= 11 is 0. The number of imidazole rings is 1. The van der Waals surface area contributed by atoms with Gasteiger partial charge in [-0.25, -0.2) is 14.8 Å². The van der Waals surface area contributed by atoms with Crippen LogP contribution in [-0.2, 0) is 25.7 Å². The Morgan fingerprint density at radius 3 is 2.19 bits per heavy atom. The summed E-state index contributed by atoms with van der Waals surface area (Å²) in [4.78, 5) is 51.5. The molecular formula is C23H29N5O8. The summed E-state index contributed by atoms with van der Waals surface area (Å²) in [5.41, 5.74) is -0.138. The highest BCUT2D eigenvalue weighted by atomic mass is 16.4. The molecule has 0 spiro atoms. The number of carbonyl (C=O) groups is 4. The molecule has 2 aromatic heterocycles. The molecular weight excluding hydrogens is 474 g/mol. The molecule has 0 saturated carbocycles. The van der Waals surface area contributed by atoms with Crippen molar-refractivity contribution in [3.8, 4) is 0 Å². The summed E-state index contributed by atoms with van der Waals surface area (Å²) in [7, 11) is 1.74.